The molecule has 7 heteroatoms. The lowest BCUT2D eigenvalue weighted by Crippen LogP contribution is -2.19. The van der Waals surface area contributed by atoms with Crippen LogP contribution in [0, 0.1) is 0 Å². The van der Waals surface area contributed by atoms with E-state index in [1.54, 1.807) is 6.07 Å². The highest BCUT2D eigenvalue weighted by Gasteiger charge is 2.04. The zero-order valence-electron chi connectivity index (χ0n) is 10.1. The molecule has 4 nitrogen and oxygen atoms in total. The van der Waals surface area contributed by atoms with E-state index in [4.69, 9.17) is 4.42 Å². The average molecular weight is 465 g/mol. The van der Waals surface area contributed by atoms with E-state index in [9.17, 15) is 4.79 Å². The molecular weight excluding hydrogens is 456 g/mol. The molecule has 0 aliphatic carbocycles. The van der Waals surface area contributed by atoms with Crippen molar-refractivity contribution in [2.24, 2.45) is 5.10 Å². The number of nitrogens with one attached hydrogen (secondary N) is 1. The molecule has 0 bridgehead atoms. The largest absolute Gasteiger partial charge is 0.447 e. The van der Waals surface area contributed by atoms with E-state index in [1.807, 2.05) is 24.3 Å². The fourth-order valence-corrected chi connectivity index (χ4v) is 2.29. The molecule has 1 aromatic heterocycles. The molecule has 0 saturated heterocycles. The first kappa shape index (κ1) is 15.5. The predicted molar refractivity (Wildman–Crippen MR) is 87.7 cm³/mol. The van der Waals surface area contributed by atoms with E-state index in [1.165, 1.54) is 6.21 Å². The summed E-state index contributed by atoms with van der Waals surface area (Å²) in [7, 11) is 0. The van der Waals surface area contributed by atoms with Crippen molar-refractivity contribution in [2.45, 2.75) is 6.42 Å². The van der Waals surface area contributed by atoms with Crippen LogP contribution in [0.15, 0.2) is 53.5 Å². The molecule has 104 valence electrons. The monoisotopic (exact) mass is 462 g/mol. The summed E-state index contributed by atoms with van der Waals surface area (Å²) in [4.78, 5) is 11.7. The predicted octanol–water partition coefficient (Wildman–Crippen LogP) is 4.26. The Morgan fingerprint density at radius 1 is 1.25 bits per heavy atom. The molecule has 2 aromatic rings. The van der Waals surface area contributed by atoms with Crippen LogP contribution in [0.5, 0.6) is 0 Å². The van der Waals surface area contributed by atoms with Crippen LogP contribution in [0.3, 0.4) is 0 Å². The summed E-state index contributed by atoms with van der Waals surface area (Å²) in [6.07, 6.45) is 1.71. The molecule has 0 radical (unpaired) electrons. The van der Waals surface area contributed by atoms with E-state index in [2.05, 4.69) is 58.3 Å². The summed E-state index contributed by atoms with van der Waals surface area (Å²) >= 11 is 9.86. The number of hydrogen-bond donors (Lipinski definition) is 1. The van der Waals surface area contributed by atoms with Crippen LogP contribution < -0.4 is 5.43 Å². The highest BCUT2D eigenvalue weighted by Crippen LogP contribution is 2.25. The second-order valence-corrected chi connectivity index (χ2v) is 6.36. The Morgan fingerprint density at radius 2 is 1.95 bits per heavy atom. The Kier molecular flexibility index (Phi) is 5.56. The lowest BCUT2D eigenvalue weighted by molar-refractivity contribution is -0.120. The standard InChI is InChI=1S/C13H9Br3N2O2/c14-9-3-1-8(2-4-9)5-12(19)18-17-7-10-6-11(15)13(16)20-10/h1-4,6-7H,5H2,(H,18,19)/b17-7-. The molecule has 20 heavy (non-hydrogen) atoms. The summed E-state index contributed by atoms with van der Waals surface area (Å²) in [6, 6.07) is 9.30. The number of hydrogen-bond acceptors (Lipinski definition) is 3. The topological polar surface area (TPSA) is 54.6 Å². The zero-order chi connectivity index (χ0) is 14.5. The van der Waals surface area contributed by atoms with Gasteiger partial charge in [0, 0.05) is 10.5 Å². The second-order valence-electron chi connectivity index (χ2n) is 3.87. The van der Waals surface area contributed by atoms with Gasteiger partial charge in [-0.2, -0.15) is 5.10 Å². The maximum absolute atomic E-state index is 11.7. The molecule has 1 amide bonds. The van der Waals surface area contributed by atoms with Gasteiger partial charge >= 0.3 is 0 Å². The Hall–Kier alpha value is -0.920. The Morgan fingerprint density at radius 3 is 2.55 bits per heavy atom. The van der Waals surface area contributed by atoms with E-state index in [0.717, 1.165) is 14.5 Å². The van der Waals surface area contributed by atoms with Gasteiger partial charge in [-0.05, 0) is 49.6 Å². The van der Waals surface area contributed by atoms with E-state index in [0.29, 0.717) is 10.4 Å². The smallest absolute Gasteiger partial charge is 0.244 e. The Balaban J connectivity index is 1.87. The molecule has 0 atom stereocenters. The van der Waals surface area contributed by atoms with Gasteiger partial charge in [0.05, 0.1) is 17.1 Å². The first-order valence-electron chi connectivity index (χ1n) is 5.56. The van der Waals surface area contributed by atoms with Crippen LogP contribution in [-0.2, 0) is 11.2 Å². The van der Waals surface area contributed by atoms with Gasteiger partial charge in [-0.25, -0.2) is 5.43 Å². The maximum atomic E-state index is 11.7. The van der Waals surface area contributed by atoms with Gasteiger partial charge in [0.25, 0.3) is 0 Å². The normalized spacial score (nSPS) is 10.9. The van der Waals surface area contributed by atoms with Gasteiger partial charge < -0.3 is 4.42 Å². The molecule has 0 spiro atoms. The van der Waals surface area contributed by atoms with Crippen LogP contribution in [0.4, 0.5) is 0 Å². The summed E-state index contributed by atoms with van der Waals surface area (Å²) in [6.45, 7) is 0. The summed E-state index contributed by atoms with van der Waals surface area (Å²) in [5.74, 6) is 0.348. The summed E-state index contributed by atoms with van der Waals surface area (Å²) in [5, 5.41) is 3.84. The third kappa shape index (κ3) is 4.57. The number of nitrogens with zero attached hydrogens (tertiary/aromatic N) is 1. The Labute approximate surface area is 141 Å². The molecule has 1 N–H and O–H groups in total. The highest BCUT2D eigenvalue weighted by molar-refractivity contribution is 9.13. The molecule has 0 aliphatic rings. The van der Waals surface area contributed by atoms with Crippen LogP contribution in [0.1, 0.15) is 11.3 Å². The van der Waals surface area contributed by atoms with Gasteiger partial charge in [0.2, 0.25) is 5.91 Å². The number of hydrazone groups is 1. The molecule has 0 aliphatic heterocycles. The van der Waals surface area contributed by atoms with Crippen molar-refractivity contribution >= 4 is 59.9 Å². The molecule has 0 fully saturated rings. The fourth-order valence-electron chi connectivity index (χ4n) is 1.42. The minimum atomic E-state index is -0.187. The van der Waals surface area contributed by atoms with Crippen LogP contribution >= 0.6 is 47.8 Å². The minimum Gasteiger partial charge on any atom is -0.447 e. The lowest BCUT2D eigenvalue weighted by Gasteiger charge is -2.00. The third-order valence-corrected chi connectivity index (χ3v) is 4.56. The number of carbonyl (C=O) groups excluding carboxylic acids is 1. The fraction of sp³-hybridized carbons (Fsp3) is 0.0769. The SMILES string of the molecule is O=C(Cc1ccc(Br)cc1)N/N=C\c1cc(Br)c(Br)o1. The summed E-state index contributed by atoms with van der Waals surface area (Å²) < 4.78 is 7.65. The first-order chi connectivity index (χ1) is 9.54. The Bertz CT molecular complexity index is 616. The zero-order valence-corrected chi connectivity index (χ0v) is 14.8. The van der Waals surface area contributed by atoms with Crippen LogP contribution in [0.2, 0.25) is 0 Å². The number of furan rings is 1. The van der Waals surface area contributed by atoms with Crippen molar-refractivity contribution in [3.8, 4) is 0 Å². The van der Waals surface area contributed by atoms with Crippen molar-refractivity contribution in [2.75, 3.05) is 0 Å². The molecule has 0 unspecified atom stereocenters. The highest BCUT2D eigenvalue weighted by atomic mass is 79.9. The van der Waals surface area contributed by atoms with E-state index < -0.39 is 0 Å². The van der Waals surface area contributed by atoms with Crippen molar-refractivity contribution in [1.82, 2.24) is 5.43 Å². The van der Waals surface area contributed by atoms with Gasteiger partial charge in [-0.15, -0.1) is 0 Å². The quantitative estimate of drug-likeness (QED) is 0.543. The molecular formula is C13H9Br3N2O2. The van der Waals surface area contributed by atoms with Crippen LogP contribution in [0.25, 0.3) is 0 Å². The number of carbonyl (C=O) groups is 1. The van der Waals surface area contributed by atoms with Crippen molar-refractivity contribution < 1.29 is 9.21 Å². The van der Waals surface area contributed by atoms with E-state index >= 15 is 0 Å². The number of benzene rings is 1. The summed E-state index contributed by atoms with van der Waals surface area (Å²) in [5.41, 5.74) is 3.37. The first-order valence-corrected chi connectivity index (χ1v) is 7.93. The van der Waals surface area contributed by atoms with Crippen molar-refractivity contribution in [3.05, 3.63) is 55.3 Å². The number of rotatable bonds is 4. The number of amides is 1. The molecule has 1 aromatic carbocycles. The third-order valence-electron chi connectivity index (χ3n) is 2.32. The van der Waals surface area contributed by atoms with Gasteiger partial charge in [0.1, 0.15) is 5.76 Å². The molecule has 1 heterocycles. The average Bonchev–Trinajstić information content (AvgIpc) is 2.71. The number of halogens is 3. The minimum absolute atomic E-state index is 0.187. The van der Waals surface area contributed by atoms with E-state index in [-0.39, 0.29) is 12.3 Å². The van der Waals surface area contributed by atoms with Gasteiger partial charge in [-0.3, -0.25) is 4.79 Å². The van der Waals surface area contributed by atoms with Gasteiger partial charge in [0.15, 0.2) is 4.67 Å². The van der Waals surface area contributed by atoms with Crippen LogP contribution in [-0.4, -0.2) is 12.1 Å². The molecule has 2 rings (SSSR count). The maximum Gasteiger partial charge on any atom is 0.244 e. The second kappa shape index (κ2) is 7.19. The van der Waals surface area contributed by atoms with Crippen molar-refractivity contribution in [1.29, 1.82) is 0 Å². The molecule has 0 saturated carbocycles. The van der Waals surface area contributed by atoms with Crippen molar-refractivity contribution in [3.63, 3.8) is 0 Å². The van der Waals surface area contributed by atoms with Gasteiger partial charge in [-0.1, -0.05) is 28.1 Å². The lowest BCUT2D eigenvalue weighted by atomic mass is 10.1.